The maximum absolute atomic E-state index is 13.4. The molecule has 1 aromatic rings. The lowest BCUT2D eigenvalue weighted by Gasteiger charge is -2.14. The van der Waals surface area contributed by atoms with Gasteiger partial charge in [0, 0.05) is 18.2 Å². The predicted octanol–water partition coefficient (Wildman–Crippen LogP) is 2.38. The van der Waals surface area contributed by atoms with E-state index in [1.165, 1.54) is 12.1 Å². The van der Waals surface area contributed by atoms with Gasteiger partial charge in [-0.2, -0.15) is 0 Å². The Morgan fingerprint density at radius 1 is 1.53 bits per heavy atom. The van der Waals surface area contributed by atoms with Crippen LogP contribution in [0.15, 0.2) is 24.3 Å². The summed E-state index contributed by atoms with van der Waals surface area (Å²) in [4.78, 5) is 12.5. The molecule has 0 saturated heterocycles. The second-order valence-corrected chi connectivity index (χ2v) is 3.86. The Morgan fingerprint density at radius 3 is 2.82 bits per heavy atom. The van der Waals surface area contributed by atoms with Crippen LogP contribution in [0.2, 0.25) is 0 Å². The Morgan fingerprint density at radius 2 is 2.24 bits per heavy atom. The number of carboxylic acids is 1. The van der Waals surface area contributed by atoms with Crippen molar-refractivity contribution >= 4 is 12.0 Å². The van der Waals surface area contributed by atoms with Gasteiger partial charge in [-0.05, 0) is 37.4 Å². The van der Waals surface area contributed by atoms with Crippen LogP contribution in [0, 0.1) is 5.82 Å². The van der Waals surface area contributed by atoms with Gasteiger partial charge in [-0.3, -0.25) is 0 Å². The van der Waals surface area contributed by atoms with Gasteiger partial charge in [0.15, 0.2) is 0 Å². The molecule has 0 atom stereocenters. The van der Waals surface area contributed by atoms with E-state index in [0.29, 0.717) is 12.1 Å². The lowest BCUT2D eigenvalue weighted by atomic mass is 10.1. The van der Waals surface area contributed by atoms with Crippen molar-refractivity contribution in [1.82, 2.24) is 4.90 Å². The Kier molecular flexibility index (Phi) is 4.84. The van der Waals surface area contributed by atoms with Crippen LogP contribution in [0.5, 0.6) is 0 Å². The molecule has 0 aliphatic carbocycles. The highest BCUT2D eigenvalue weighted by molar-refractivity contribution is 5.85. The smallest absolute Gasteiger partial charge is 0.328 e. The molecule has 0 saturated carbocycles. The molecule has 1 N–H and O–H groups in total. The number of halogens is 1. The summed E-state index contributed by atoms with van der Waals surface area (Å²) in [6, 6.07) is 4.74. The minimum absolute atomic E-state index is 0.300. The molecule has 0 fully saturated rings. The van der Waals surface area contributed by atoms with E-state index in [1.807, 2.05) is 14.0 Å². The number of hydrogen-bond acceptors (Lipinski definition) is 2. The van der Waals surface area contributed by atoms with Gasteiger partial charge in [0.1, 0.15) is 5.82 Å². The number of benzene rings is 1. The van der Waals surface area contributed by atoms with Crippen molar-refractivity contribution < 1.29 is 14.3 Å². The fourth-order valence-corrected chi connectivity index (χ4v) is 1.40. The third-order valence-corrected chi connectivity index (χ3v) is 2.46. The second-order valence-electron chi connectivity index (χ2n) is 3.86. The topological polar surface area (TPSA) is 40.5 Å². The monoisotopic (exact) mass is 237 g/mol. The summed E-state index contributed by atoms with van der Waals surface area (Å²) in [7, 11) is 1.97. The minimum atomic E-state index is -1.08. The average molecular weight is 237 g/mol. The Labute approximate surface area is 100 Å². The van der Waals surface area contributed by atoms with E-state index in [4.69, 9.17) is 5.11 Å². The molecule has 0 aliphatic rings. The fraction of sp³-hybridized carbons (Fsp3) is 0.308. The molecule has 4 heteroatoms. The highest BCUT2D eigenvalue weighted by Gasteiger charge is 2.03. The zero-order chi connectivity index (χ0) is 12.8. The van der Waals surface area contributed by atoms with E-state index < -0.39 is 11.8 Å². The Hall–Kier alpha value is -1.68. The lowest BCUT2D eigenvalue weighted by molar-refractivity contribution is -0.131. The largest absolute Gasteiger partial charge is 0.478 e. The van der Waals surface area contributed by atoms with Crippen LogP contribution in [0.1, 0.15) is 18.1 Å². The van der Waals surface area contributed by atoms with Gasteiger partial charge in [0.05, 0.1) is 0 Å². The first-order valence-corrected chi connectivity index (χ1v) is 5.41. The van der Waals surface area contributed by atoms with E-state index >= 15 is 0 Å². The van der Waals surface area contributed by atoms with E-state index in [0.717, 1.165) is 18.2 Å². The van der Waals surface area contributed by atoms with Crippen LogP contribution in [0.25, 0.3) is 6.08 Å². The van der Waals surface area contributed by atoms with Crippen LogP contribution in [-0.4, -0.2) is 29.6 Å². The van der Waals surface area contributed by atoms with Crippen LogP contribution in [0.3, 0.4) is 0 Å². The third kappa shape index (κ3) is 4.36. The third-order valence-electron chi connectivity index (χ3n) is 2.46. The Bertz CT molecular complexity index is 429. The van der Waals surface area contributed by atoms with E-state index in [2.05, 4.69) is 4.90 Å². The van der Waals surface area contributed by atoms with Gasteiger partial charge in [0.2, 0.25) is 0 Å². The summed E-state index contributed by atoms with van der Waals surface area (Å²) in [5.41, 5.74) is 1.26. The van der Waals surface area contributed by atoms with Gasteiger partial charge < -0.3 is 10.0 Å². The highest BCUT2D eigenvalue weighted by atomic mass is 19.1. The zero-order valence-electron chi connectivity index (χ0n) is 9.98. The minimum Gasteiger partial charge on any atom is -0.478 e. The van der Waals surface area contributed by atoms with Crippen molar-refractivity contribution in [1.29, 1.82) is 0 Å². The second kappa shape index (κ2) is 6.15. The predicted molar refractivity (Wildman–Crippen MR) is 65.1 cm³/mol. The molecule has 3 nitrogen and oxygen atoms in total. The molecule has 1 rings (SSSR count). The molecule has 0 radical (unpaired) electrons. The summed E-state index contributed by atoms with van der Waals surface area (Å²) in [5.74, 6) is -1.49. The number of carbonyl (C=O) groups is 1. The van der Waals surface area contributed by atoms with Gasteiger partial charge in [-0.1, -0.05) is 13.0 Å². The van der Waals surface area contributed by atoms with Crippen molar-refractivity contribution in [2.24, 2.45) is 0 Å². The van der Waals surface area contributed by atoms with Crippen molar-refractivity contribution in [2.45, 2.75) is 13.5 Å². The van der Waals surface area contributed by atoms with E-state index in [9.17, 15) is 9.18 Å². The molecular weight excluding hydrogens is 221 g/mol. The fourth-order valence-electron chi connectivity index (χ4n) is 1.40. The summed E-state index contributed by atoms with van der Waals surface area (Å²) < 4.78 is 13.4. The summed E-state index contributed by atoms with van der Waals surface area (Å²) >= 11 is 0. The Balaban J connectivity index is 2.90. The van der Waals surface area contributed by atoms with Crippen LogP contribution in [-0.2, 0) is 11.3 Å². The number of hydrogen-bond donors (Lipinski definition) is 1. The van der Waals surface area contributed by atoms with E-state index in [1.54, 1.807) is 12.1 Å². The van der Waals surface area contributed by atoms with Crippen molar-refractivity contribution in [3.63, 3.8) is 0 Å². The number of nitrogens with zero attached hydrogens (tertiary/aromatic N) is 1. The molecule has 0 unspecified atom stereocenters. The quantitative estimate of drug-likeness (QED) is 0.799. The summed E-state index contributed by atoms with van der Waals surface area (Å²) in [5, 5.41) is 8.50. The number of rotatable bonds is 5. The molecule has 0 aliphatic heterocycles. The first-order chi connectivity index (χ1) is 8.02. The van der Waals surface area contributed by atoms with Gasteiger partial charge in [0.25, 0.3) is 0 Å². The SMILES string of the molecule is CCN(C)Cc1ccc(F)c(/C=C/C(=O)O)c1. The highest BCUT2D eigenvalue weighted by Crippen LogP contribution is 2.13. The van der Waals surface area contributed by atoms with Gasteiger partial charge in [-0.15, -0.1) is 0 Å². The molecule has 0 heterocycles. The zero-order valence-corrected chi connectivity index (χ0v) is 9.98. The summed E-state index contributed by atoms with van der Waals surface area (Å²) in [6.45, 7) is 3.65. The van der Waals surface area contributed by atoms with E-state index in [-0.39, 0.29) is 0 Å². The maximum atomic E-state index is 13.4. The molecule has 0 aromatic heterocycles. The van der Waals surface area contributed by atoms with Crippen molar-refractivity contribution in [3.8, 4) is 0 Å². The normalized spacial score (nSPS) is 11.3. The number of carboxylic acid groups (broad SMARTS) is 1. The molecule has 1 aromatic carbocycles. The molecular formula is C13H16FNO2. The van der Waals surface area contributed by atoms with Crippen LogP contribution in [0.4, 0.5) is 4.39 Å². The first-order valence-electron chi connectivity index (χ1n) is 5.41. The van der Waals surface area contributed by atoms with Crippen molar-refractivity contribution in [2.75, 3.05) is 13.6 Å². The standard InChI is InChI=1S/C13H16FNO2/c1-3-15(2)9-10-4-6-12(14)11(8-10)5-7-13(16)17/h4-8H,3,9H2,1-2H3,(H,16,17)/b7-5+. The van der Waals surface area contributed by atoms with Crippen LogP contribution >= 0.6 is 0 Å². The molecule has 0 bridgehead atoms. The molecule has 17 heavy (non-hydrogen) atoms. The molecule has 0 spiro atoms. The first kappa shape index (κ1) is 13.4. The molecule has 92 valence electrons. The van der Waals surface area contributed by atoms with Crippen LogP contribution < -0.4 is 0 Å². The van der Waals surface area contributed by atoms with Gasteiger partial charge >= 0.3 is 5.97 Å². The lowest BCUT2D eigenvalue weighted by Crippen LogP contribution is -2.16. The van der Waals surface area contributed by atoms with Crippen molar-refractivity contribution in [3.05, 3.63) is 41.2 Å². The van der Waals surface area contributed by atoms with Gasteiger partial charge in [-0.25, -0.2) is 9.18 Å². The average Bonchev–Trinajstić information content (AvgIpc) is 2.29. The maximum Gasteiger partial charge on any atom is 0.328 e. The number of aliphatic carboxylic acids is 1. The molecule has 0 amide bonds. The summed E-state index contributed by atoms with van der Waals surface area (Å²) in [6.07, 6.45) is 2.21.